The number of fused-ring (bicyclic) bond motifs is 1. The minimum atomic E-state index is -2.51. The molecule has 206 valence electrons. The average molecular weight is 537 g/mol. The van der Waals surface area contributed by atoms with Crippen molar-refractivity contribution >= 4 is 6.02 Å². The highest BCUT2D eigenvalue weighted by Crippen LogP contribution is 2.37. The molecule has 0 unspecified atom stereocenters. The topological polar surface area (TPSA) is 61.3 Å². The Morgan fingerprint density at radius 3 is 1.87 bits per heavy atom. The summed E-state index contributed by atoms with van der Waals surface area (Å²) < 4.78 is 51.0. The van der Waals surface area contributed by atoms with Gasteiger partial charge in [-0.15, -0.1) is 0 Å². The van der Waals surface area contributed by atoms with Gasteiger partial charge in [0.1, 0.15) is 18.2 Å². The van der Waals surface area contributed by atoms with Crippen molar-refractivity contribution in [3.05, 3.63) is 108 Å². The largest absolute Gasteiger partial charge is 0.460 e. The van der Waals surface area contributed by atoms with Crippen LogP contribution < -0.4 is 5.32 Å². The van der Waals surface area contributed by atoms with E-state index in [4.69, 9.17) is 18.9 Å². The Morgan fingerprint density at radius 2 is 1.31 bits per heavy atom. The molecule has 0 bridgehead atoms. The number of hydrogen-bond donors (Lipinski definition) is 1. The fraction of sp³-hybridized carbons (Fsp3) is 0.387. The molecule has 3 aromatic carbocycles. The Hall–Kier alpha value is -3.33. The maximum atomic E-state index is 12.9. The van der Waals surface area contributed by atoms with Crippen LogP contribution in [0.3, 0.4) is 0 Å². The first-order valence-corrected chi connectivity index (χ1v) is 13.3. The lowest BCUT2D eigenvalue weighted by molar-refractivity contribution is -0.162. The van der Waals surface area contributed by atoms with Crippen LogP contribution in [0.1, 0.15) is 23.1 Å². The van der Waals surface area contributed by atoms with E-state index >= 15 is 0 Å². The van der Waals surface area contributed by atoms with Gasteiger partial charge >= 0.3 is 0 Å². The molecule has 1 N–H and O–H groups in total. The highest BCUT2D eigenvalue weighted by Gasteiger charge is 2.50. The summed E-state index contributed by atoms with van der Waals surface area (Å²) >= 11 is 0. The Morgan fingerprint density at radius 1 is 0.769 bits per heavy atom. The zero-order valence-corrected chi connectivity index (χ0v) is 21.7. The zero-order valence-electron chi connectivity index (χ0n) is 21.7. The molecule has 0 radical (unpaired) electrons. The van der Waals surface area contributed by atoms with Gasteiger partial charge in [0.2, 0.25) is 0 Å². The quantitative estimate of drug-likeness (QED) is 0.337. The molecular weight excluding hydrogens is 502 g/mol. The minimum absolute atomic E-state index is 0.0518. The van der Waals surface area contributed by atoms with Crippen LogP contribution in [0.15, 0.2) is 96.0 Å². The molecule has 1 heterocycles. The molecule has 0 amide bonds. The first-order valence-electron chi connectivity index (χ1n) is 13.3. The summed E-state index contributed by atoms with van der Waals surface area (Å²) in [5.41, 5.74) is 3.16. The number of hydrogen-bond acceptors (Lipinski definition) is 6. The zero-order chi connectivity index (χ0) is 26.9. The minimum Gasteiger partial charge on any atom is -0.460 e. The molecule has 1 aliphatic heterocycles. The summed E-state index contributed by atoms with van der Waals surface area (Å²) in [7, 11) is 0. The van der Waals surface area contributed by atoms with Crippen molar-refractivity contribution in [2.24, 2.45) is 10.9 Å². The number of rotatable bonds is 12. The molecule has 39 heavy (non-hydrogen) atoms. The maximum absolute atomic E-state index is 12.9. The molecule has 1 saturated carbocycles. The molecule has 1 aliphatic carbocycles. The van der Waals surface area contributed by atoms with Crippen LogP contribution in [-0.4, -0.2) is 50.0 Å². The lowest BCUT2D eigenvalue weighted by atomic mass is 9.79. The van der Waals surface area contributed by atoms with E-state index in [1.165, 1.54) is 0 Å². The summed E-state index contributed by atoms with van der Waals surface area (Å²) in [4.78, 5) is 4.65. The number of ether oxygens (including phenoxy) is 4. The number of nitrogens with one attached hydrogen (secondary N) is 1. The summed E-state index contributed by atoms with van der Waals surface area (Å²) in [6, 6.07) is 29.6. The van der Waals surface area contributed by atoms with E-state index in [2.05, 4.69) is 10.3 Å². The SMILES string of the molecule is FC(F)CNC1=N[C@@H]2[C@@H](OCc3ccccc3)[C@H](OCc3ccccc3)[C@@H](COCc3ccccc3)C[C@@H]2O1. The molecule has 0 spiro atoms. The molecule has 3 aromatic rings. The van der Waals surface area contributed by atoms with E-state index in [0.29, 0.717) is 32.8 Å². The second-order valence-corrected chi connectivity index (χ2v) is 9.87. The highest BCUT2D eigenvalue weighted by atomic mass is 19.3. The van der Waals surface area contributed by atoms with Crippen molar-refractivity contribution in [1.82, 2.24) is 5.32 Å². The van der Waals surface area contributed by atoms with Crippen molar-refractivity contribution in [2.75, 3.05) is 13.2 Å². The third kappa shape index (κ3) is 7.62. The van der Waals surface area contributed by atoms with Gasteiger partial charge in [0.05, 0.1) is 39.1 Å². The van der Waals surface area contributed by atoms with Gasteiger partial charge in [-0.3, -0.25) is 0 Å². The van der Waals surface area contributed by atoms with E-state index in [1.807, 2.05) is 91.0 Å². The smallest absolute Gasteiger partial charge is 0.285 e. The molecule has 5 rings (SSSR count). The Bertz CT molecular complexity index is 1170. The molecule has 0 aromatic heterocycles. The van der Waals surface area contributed by atoms with Crippen LogP contribution in [0, 0.1) is 5.92 Å². The molecule has 1 fully saturated rings. The second kappa shape index (κ2) is 13.6. The average Bonchev–Trinajstić information content (AvgIpc) is 3.38. The van der Waals surface area contributed by atoms with Crippen LogP contribution in [0.4, 0.5) is 8.78 Å². The van der Waals surface area contributed by atoms with E-state index in [-0.39, 0.29) is 30.2 Å². The van der Waals surface area contributed by atoms with E-state index in [1.54, 1.807) is 0 Å². The van der Waals surface area contributed by atoms with Crippen molar-refractivity contribution < 1.29 is 27.7 Å². The number of benzene rings is 3. The number of amidine groups is 1. The van der Waals surface area contributed by atoms with Gasteiger partial charge in [-0.1, -0.05) is 91.0 Å². The van der Waals surface area contributed by atoms with Crippen LogP contribution >= 0.6 is 0 Å². The number of aliphatic imine (C=N–C) groups is 1. The molecule has 2 aliphatic rings. The molecule has 8 heteroatoms. The third-order valence-electron chi connectivity index (χ3n) is 6.99. The van der Waals surface area contributed by atoms with Crippen molar-refractivity contribution in [1.29, 1.82) is 0 Å². The summed E-state index contributed by atoms with van der Waals surface area (Å²) in [6.07, 6.45) is -3.03. The summed E-state index contributed by atoms with van der Waals surface area (Å²) in [5, 5.41) is 2.63. The second-order valence-electron chi connectivity index (χ2n) is 9.87. The molecule has 5 atom stereocenters. The van der Waals surface area contributed by atoms with Gasteiger partial charge in [-0.2, -0.15) is 0 Å². The van der Waals surface area contributed by atoms with Gasteiger partial charge in [-0.05, 0) is 23.1 Å². The lowest BCUT2D eigenvalue weighted by Crippen LogP contribution is -2.55. The van der Waals surface area contributed by atoms with Gasteiger partial charge in [-0.25, -0.2) is 13.8 Å². The van der Waals surface area contributed by atoms with Crippen LogP contribution in [-0.2, 0) is 38.8 Å². The van der Waals surface area contributed by atoms with Crippen LogP contribution in [0.5, 0.6) is 0 Å². The van der Waals surface area contributed by atoms with Gasteiger partial charge in [0, 0.05) is 5.92 Å². The monoisotopic (exact) mass is 536 g/mol. The first-order chi connectivity index (χ1) is 19.2. The molecule has 6 nitrogen and oxygen atoms in total. The maximum Gasteiger partial charge on any atom is 0.285 e. The first kappa shape index (κ1) is 27.2. The van der Waals surface area contributed by atoms with Gasteiger partial charge in [0.25, 0.3) is 12.4 Å². The standard InChI is InChI=1S/C31H34F2N2O4/c32-27(33)17-34-31-35-28-26(39-31)16-25(21-36-18-22-10-4-1-5-11-22)29(37-19-23-12-6-2-7-13-23)30(28)38-20-24-14-8-3-9-15-24/h1-15,25-30H,16-21H2,(H,34,35)/t25-,26+,28+,29-,30-/m1/s1. The summed E-state index contributed by atoms with van der Waals surface area (Å²) in [6.45, 7) is 1.17. The fourth-order valence-electron chi connectivity index (χ4n) is 5.10. The normalized spacial score (nSPS) is 24.2. The predicted molar refractivity (Wildman–Crippen MR) is 144 cm³/mol. The number of halogens is 2. The van der Waals surface area contributed by atoms with E-state index in [9.17, 15) is 8.78 Å². The van der Waals surface area contributed by atoms with E-state index < -0.39 is 19.1 Å². The van der Waals surface area contributed by atoms with Crippen molar-refractivity contribution in [2.45, 2.75) is 57.0 Å². The van der Waals surface area contributed by atoms with Crippen molar-refractivity contribution in [3.63, 3.8) is 0 Å². The third-order valence-corrected chi connectivity index (χ3v) is 6.99. The van der Waals surface area contributed by atoms with Crippen LogP contribution in [0.2, 0.25) is 0 Å². The van der Waals surface area contributed by atoms with Gasteiger partial charge in [0.15, 0.2) is 0 Å². The lowest BCUT2D eigenvalue weighted by Gasteiger charge is -2.42. The number of alkyl halides is 2. The van der Waals surface area contributed by atoms with Crippen LogP contribution in [0.25, 0.3) is 0 Å². The molecular formula is C31H34F2N2O4. The van der Waals surface area contributed by atoms with Crippen molar-refractivity contribution in [3.8, 4) is 0 Å². The Balaban J connectivity index is 1.36. The highest BCUT2D eigenvalue weighted by molar-refractivity contribution is 5.75. The Kier molecular flexibility index (Phi) is 9.53. The van der Waals surface area contributed by atoms with Gasteiger partial charge < -0.3 is 24.3 Å². The summed E-state index contributed by atoms with van der Waals surface area (Å²) in [5.74, 6) is -0.0518. The predicted octanol–water partition coefficient (Wildman–Crippen LogP) is 5.37. The fourth-order valence-corrected chi connectivity index (χ4v) is 5.10. The Labute approximate surface area is 228 Å². The molecule has 0 saturated heterocycles. The van der Waals surface area contributed by atoms with E-state index in [0.717, 1.165) is 16.7 Å². The number of nitrogens with zero attached hydrogens (tertiary/aromatic N) is 1.